The van der Waals surface area contributed by atoms with E-state index in [0.717, 1.165) is 30.3 Å². The molecule has 1 aromatic heterocycles. The maximum atomic E-state index is 12.8. The fraction of sp³-hybridized carbons (Fsp3) is 0.227. The number of hydrogen-bond donors (Lipinski definition) is 2. The number of amides is 1. The topological polar surface area (TPSA) is 56.3 Å². The van der Waals surface area contributed by atoms with Crippen LogP contribution in [0, 0.1) is 6.92 Å². The maximum Gasteiger partial charge on any atom is 0.270 e. The number of nitrogens with zero attached hydrogens (tertiary/aromatic N) is 1. The molecule has 26 heavy (non-hydrogen) atoms. The van der Waals surface area contributed by atoms with Crippen LogP contribution in [-0.4, -0.2) is 34.0 Å². The summed E-state index contributed by atoms with van der Waals surface area (Å²) in [6.45, 7) is 3.47. The second-order valence-electron chi connectivity index (χ2n) is 6.98. The van der Waals surface area contributed by atoms with E-state index < -0.39 is 0 Å². The van der Waals surface area contributed by atoms with Crippen molar-refractivity contribution < 1.29 is 9.90 Å². The SMILES string of the molecule is Cc1ccc(CC2=CCN(C(=O)c3cc4cc(O)ccc4[nH]3)CC2)cc1. The van der Waals surface area contributed by atoms with E-state index in [1.807, 2.05) is 11.0 Å². The van der Waals surface area contributed by atoms with Gasteiger partial charge in [0.15, 0.2) is 0 Å². The summed E-state index contributed by atoms with van der Waals surface area (Å²) in [5, 5.41) is 10.4. The van der Waals surface area contributed by atoms with Gasteiger partial charge >= 0.3 is 0 Å². The molecule has 4 rings (SSSR count). The molecule has 2 aromatic carbocycles. The number of aromatic amines is 1. The molecule has 0 atom stereocenters. The Labute approximate surface area is 152 Å². The van der Waals surface area contributed by atoms with E-state index in [2.05, 4.69) is 42.2 Å². The molecule has 0 saturated heterocycles. The standard InChI is InChI=1S/C22H22N2O2/c1-15-2-4-16(5-3-15)12-17-8-10-24(11-9-17)22(26)21-14-18-13-19(25)6-7-20(18)23-21/h2-8,13-14,23,25H,9-12H2,1H3. The van der Waals surface area contributed by atoms with Crippen molar-refractivity contribution in [2.24, 2.45) is 0 Å². The van der Waals surface area contributed by atoms with Gasteiger partial charge in [0, 0.05) is 24.0 Å². The van der Waals surface area contributed by atoms with Gasteiger partial charge in [0.1, 0.15) is 11.4 Å². The fourth-order valence-electron chi connectivity index (χ4n) is 3.43. The van der Waals surface area contributed by atoms with Crippen LogP contribution in [0.2, 0.25) is 0 Å². The predicted molar refractivity (Wildman–Crippen MR) is 103 cm³/mol. The molecule has 1 aliphatic heterocycles. The van der Waals surface area contributed by atoms with Crippen LogP contribution in [0.3, 0.4) is 0 Å². The van der Waals surface area contributed by atoms with Crippen molar-refractivity contribution in [1.82, 2.24) is 9.88 Å². The molecule has 0 fully saturated rings. The molecule has 0 saturated carbocycles. The number of aryl methyl sites for hydroxylation is 1. The molecule has 132 valence electrons. The lowest BCUT2D eigenvalue weighted by Crippen LogP contribution is -2.35. The number of rotatable bonds is 3. The molecule has 2 N–H and O–H groups in total. The van der Waals surface area contributed by atoms with Crippen LogP contribution >= 0.6 is 0 Å². The van der Waals surface area contributed by atoms with Crippen molar-refractivity contribution in [1.29, 1.82) is 0 Å². The number of aromatic hydroxyl groups is 1. The number of phenols is 1. The van der Waals surface area contributed by atoms with Crippen LogP contribution < -0.4 is 0 Å². The number of H-pyrrole nitrogens is 1. The second-order valence-corrected chi connectivity index (χ2v) is 6.98. The largest absolute Gasteiger partial charge is 0.508 e. The van der Waals surface area contributed by atoms with E-state index in [4.69, 9.17) is 0 Å². The van der Waals surface area contributed by atoms with Gasteiger partial charge in [0.05, 0.1) is 0 Å². The first-order valence-electron chi connectivity index (χ1n) is 8.93. The maximum absolute atomic E-state index is 12.8. The summed E-state index contributed by atoms with van der Waals surface area (Å²) in [6, 6.07) is 15.5. The molecule has 0 radical (unpaired) electrons. The minimum absolute atomic E-state index is 0.00586. The zero-order chi connectivity index (χ0) is 18.1. The first-order chi connectivity index (χ1) is 12.6. The van der Waals surface area contributed by atoms with E-state index in [0.29, 0.717) is 12.2 Å². The smallest absolute Gasteiger partial charge is 0.270 e. The lowest BCUT2D eigenvalue weighted by atomic mass is 9.99. The minimum atomic E-state index is 0.00586. The highest BCUT2D eigenvalue weighted by Gasteiger charge is 2.20. The van der Waals surface area contributed by atoms with Gasteiger partial charge in [-0.3, -0.25) is 4.79 Å². The van der Waals surface area contributed by atoms with Crippen molar-refractivity contribution in [2.45, 2.75) is 19.8 Å². The van der Waals surface area contributed by atoms with Gasteiger partial charge in [-0.1, -0.05) is 41.5 Å². The number of nitrogens with one attached hydrogen (secondary N) is 1. The Balaban J connectivity index is 1.45. The quantitative estimate of drug-likeness (QED) is 0.699. The molecule has 2 heterocycles. The van der Waals surface area contributed by atoms with Gasteiger partial charge in [-0.15, -0.1) is 0 Å². The highest BCUT2D eigenvalue weighted by molar-refractivity contribution is 5.98. The minimum Gasteiger partial charge on any atom is -0.508 e. The third kappa shape index (κ3) is 3.36. The molecule has 0 bridgehead atoms. The van der Waals surface area contributed by atoms with E-state index in [-0.39, 0.29) is 11.7 Å². The number of benzene rings is 2. The lowest BCUT2D eigenvalue weighted by Gasteiger charge is -2.26. The monoisotopic (exact) mass is 346 g/mol. The van der Waals surface area contributed by atoms with Gasteiger partial charge in [-0.05, 0) is 49.6 Å². The van der Waals surface area contributed by atoms with E-state index in [1.54, 1.807) is 18.2 Å². The Morgan fingerprint density at radius 1 is 1.15 bits per heavy atom. The zero-order valence-corrected chi connectivity index (χ0v) is 14.8. The van der Waals surface area contributed by atoms with Gasteiger partial charge < -0.3 is 15.0 Å². The number of hydrogen-bond acceptors (Lipinski definition) is 2. The lowest BCUT2D eigenvalue weighted by molar-refractivity contribution is 0.0763. The Morgan fingerprint density at radius 2 is 1.96 bits per heavy atom. The Hall–Kier alpha value is -3.01. The number of carbonyl (C=O) groups excluding carboxylic acids is 1. The van der Waals surface area contributed by atoms with Crippen LogP contribution in [0.5, 0.6) is 5.75 Å². The first kappa shape index (κ1) is 16.5. The van der Waals surface area contributed by atoms with Gasteiger partial charge in [0.2, 0.25) is 0 Å². The van der Waals surface area contributed by atoms with E-state index in [1.165, 1.54) is 16.7 Å². The summed E-state index contributed by atoms with van der Waals surface area (Å²) in [6.07, 6.45) is 4.03. The molecule has 4 nitrogen and oxygen atoms in total. The van der Waals surface area contributed by atoms with Crippen molar-refractivity contribution in [3.63, 3.8) is 0 Å². The molecule has 0 spiro atoms. The Morgan fingerprint density at radius 3 is 2.69 bits per heavy atom. The third-order valence-corrected chi connectivity index (χ3v) is 4.98. The van der Waals surface area contributed by atoms with Gasteiger partial charge in [0.25, 0.3) is 5.91 Å². The summed E-state index contributed by atoms with van der Waals surface area (Å²) in [5.74, 6) is 0.212. The highest BCUT2D eigenvalue weighted by Crippen LogP contribution is 2.23. The van der Waals surface area contributed by atoms with Crippen molar-refractivity contribution in [3.05, 3.63) is 77.0 Å². The average molecular weight is 346 g/mol. The van der Waals surface area contributed by atoms with E-state index >= 15 is 0 Å². The van der Waals surface area contributed by atoms with Crippen LogP contribution in [0.4, 0.5) is 0 Å². The molecule has 0 aliphatic carbocycles. The van der Waals surface area contributed by atoms with E-state index in [9.17, 15) is 9.90 Å². The average Bonchev–Trinajstić information content (AvgIpc) is 3.07. The highest BCUT2D eigenvalue weighted by atomic mass is 16.3. The number of carbonyl (C=O) groups is 1. The molecule has 1 aliphatic rings. The zero-order valence-electron chi connectivity index (χ0n) is 14.8. The summed E-state index contributed by atoms with van der Waals surface area (Å²) in [5.41, 5.74) is 5.41. The Bertz CT molecular complexity index is 983. The van der Waals surface area contributed by atoms with Crippen molar-refractivity contribution in [2.75, 3.05) is 13.1 Å². The summed E-state index contributed by atoms with van der Waals surface area (Å²) < 4.78 is 0. The summed E-state index contributed by atoms with van der Waals surface area (Å²) >= 11 is 0. The Kier molecular flexibility index (Phi) is 4.25. The fourth-order valence-corrected chi connectivity index (χ4v) is 3.43. The normalized spacial score (nSPS) is 14.5. The van der Waals surface area contributed by atoms with Crippen LogP contribution in [0.1, 0.15) is 28.0 Å². The summed E-state index contributed by atoms with van der Waals surface area (Å²) in [4.78, 5) is 17.8. The van der Waals surface area contributed by atoms with Crippen molar-refractivity contribution >= 4 is 16.8 Å². The summed E-state index contributed by atoms with van der Waals surface area (Å²) in [7, 11) is 0. The third-order valence-electron chi connectivity index (χ3n) is 4.98. The number of fused-ring (bicyclic) bond motifs is 1. The second kappa shape index (κ2) is 6.71. The molecule has 0 unspecified atom stereocenters. The predicted octanol–water partition coefficient (Wildman–Crippen LogP) is 4.20. The molecule has 3 aromatic rings. The molecule has 1 amide bonds. The first-order valence-corrected chi connectivity index (χ1v) is 8.93. The van der Waals surface area contributed by atoms with Crippen LogP contribution in [-0.2, 0) is 6.42 Å². The van der Waals surface area contributed by atoms with Crippen LogP contribution in [0.25, 0.3) is 10.9 Å². The van der Waals surface area contributed by atoms with Gasteiger partial charge in [-0.25, -0.2) is 0 Å². The van der Waals surface area contributed by atoms with Gasteiger partial charge in [-0.2, -0.15) is 0 Å². The molecular formula is C22H22N2O2. The van der Waals surface area contributed by atoms with Crippen LogP contribution in [0.15, 0.2) is 60.2 Å². The molecule has 4 heteroatoms. The number of aromatic nitrogens is 1. The van der Waals surface area contributed by atoms with Crippen molar-refractivity contribution in [3.8, 4) is 5.75 Å². The molecular weight excluding hydrogens is 324 g/mol. The number of phenolic OH excluding ortho intramolecular Hbond substituents is 1.